The Morgan fingerprint density at radius 3 is 2.75 bits per heavy atom. The van der Waals surface area contributed by atoms with Crippen molar-refractivity contribution in [1.29, 1.82) is 0 Å². The summed E-state index contributed by atoms with van der Waals surface area (Å²) < 4.78 is 5.85. The van der Waals surface area contributed by atoms with Gasteiger partial charge in [-0.2, -0.15) is 4.80 Å². The van der Waals surface area contributed by atoms with Crippen molar-refractivity contribution >= 4 is 0 Å². The van der Waals surface area contributed by atoms with E-state index in [1.807, 2.05) is 18.2 Å². The molecule has 6 nitrogen and oxygen atoms in total. The van der Waals surface area contributed by atoms with E-state index in [9.17, 15) is 0 Å². The molecule has 0 saturated carbocycles. The van der Waals surface area contributed by atoms with Crippen LogP contribution >= 0.6 is 0 Å². The highest BCUT2D eigenvalue weighted by atomic mass is 16.5. The van der Waals surface area contributed by atoms with Crippen LogP contribution in [0.2, 0.25) is 0 Å². The lowest BCUT2D eigenvalue weighted by Gasteiger charge is -2.19. The largest absolute Gasteiger partial charge is 0.485 e. The topological polar surface area (TPSA) is 64.9 Å². The predicted octanol–water partition coefficient (Wildman–Crippen LogP) is 1.85. The van der Waals surface area contributed by atoms with Gasteiger partial charge in [-0.25, -0.2) is 0 Å². The average Bonchev–Trinajstić information content (AvgIpc) is 2.89. The Hall–Kier alpha value is -1.95. The van der Waals surface area contributed by atoms with Crippen LogP contribution in [0, 0.1) is 0 Å². The van der Waals surface area contributed by atoms with E-state index in [2.05, 4.69) is 40.6 Å². The third kappa shape index (κ3) is 3.54. The molecule has 0 aliphatic heterocycles. The van der Waals surface area contributed by atoms with Crippen LogP contribution in [0.1, 0.15) is 37.7 Å². The summed E-state index contributed by atoms with van der Waals surface area (Å²) in [5.74, 6) is 1.45. The summed E-state index contributed by atoms with van der Waals surface area (Å²) >= 11 is 0. The van der Waals surface area contributed by atoms with Gasteiger partial charge in [0.1, 0.15) is 5.75 Å². The van der Waals surface area contributed by atoms with Gasteiger partial charge in [0, 0.05) is 11.6 Å². The van der Waals surface area contributed by atoms with Gasteiger partial charge in [-0.1, -0.05) is 32.0 Å². The highest BCUT2D eigenvalue weighted by Crippen LogP contribution is 2.27. The van der Waals surface area contributed by atoms with Crippen molar-refractivity contribution in [2.24, 2.45) is 7.05 Å². The molecular weight excluding hydrogens is 254 g/mol. The van der Waals surface area contributed by atoms with Crippen molar-refractivity contribution in [3.05, 3.63) is 35.7 Å². The number of benzene rings is 1. The minimum atomic E-state index is 0.297. The molecule has 1 N–H and O–H groups in total. The molecule has 0 bridgehead atoms. The van der Waals surface area contributed by atoms with Gasteiger partial charge in [-0.3, -0.25) is 0 Å². The van der Waals surface area contributed by atoms with Crippen molar-refractivity contribution in [3.63, 3.8) is 0 Å². The second-order valence-corrected chi connectivity index (χ2v) is 4.54. The van der Waals surface area contributed by atoms with Gasteiger partial charge in [-0.15, -0.1) is 10.2 Å². The fourth-order valence-corrected chi connectivity index (χ4v) is 2.14. The fourth-order valence-electron chi connectivity index (χ4n) is 2.14. The highest BCUT2D eigenvalue weighted by molar-refractivity contribution is 5.36. The Morgan fingerprint density at radius 2 is 2.10 bits per heavy atom. The number of nitrogens with zero attached hydrogens (tertiary/aromatic N) is 4. The number of aromatic nitrogens is 4. The zero-order valence-electron chi connectivity index (χ0n) is 12.2. The Morgan fingerprint density at radius 1 is 1.30 bits per heavy atom. The van der Waals surface area contributed by atoms with E-state index in [4.69, 9.17) is 4.74 Å². The fraction of sp³-hybridized carbons (Fsp3) is 0.500. The van der Waals surface area contributed by atoms with Gasteiger partial charge < -0.3 is 10.1 Å². The summed E-state index contributed by atoms with van der Waals surface area (Å²) in [5, 5.41) is 15.3. The lowest BCUT2D eigenvalue weighted by Crippen LogP contribution is -2.20. The van der Waals surface area contributed by atoms with E-state index < -0.39 is 0 Å². The second-order valence-electron chi connectivity index (χ2n) is 4.54. The zero-order valence-corrected chi connectivity index (χ0v) is 12.2. The van der Waals surface area contributed by atoms with Gasteiger partial charge in [0.2, 0.25) is 5.82 Å². The molecule has 0 saturated heterocycles. The summed E-state index contributed by atoms with van der Waals surface area (Å²) in [6.45, 7) is 5.52. The maximum Gasteiger partial charge on any atom is 0.212 e. The third-order valence-electron chi connectivity index (χ3n) is 3.06. The normalized spacial score (nSPS) is 12.3. The maximum absolute atomic E-state index is 5.85. The van der Waals surface area contributed by atoms with Crippen LogP contribution in [-0.4, -0.2) is 26.8 Å². The predicted molar refractivity (Wildman–Crippen MR) is 76.3 cm³/mol. The Bertz CT molecular complexity index is 540. The van der Waals surface area contributed by atoms with Gasteiger partial charge in [0.15, 0.2) is 6.61 Å². The smallest absolute Gasteiger partial charge is 0.212 e. The Labute approximate surface area is 119 Å². The standard InChI is InChI=1S/C14H21N5O/c1-4-12(15-5-2)11-8-6-7-9-13(11)20-10-14-16-18-19(3)17-14/h6-9,12,15H,4-5,10H2,1-3H3. The number of tetrazole rings is 1. The summed E-state index contributed by atoms with van der Waals surface area (Å²) in [4.78, 5) is 1.43. The SMILES string of the molecule is CCNC(CC)c1ccccc1OCc1nnn(C)n1. The molecule has 2 rings (SSSR count). The highest BCUT2D eigenvalue weighted by Gasteiger charge is 2.13. The van der Waals surface area contributed by atoms with E-state index in [1.165, 1.54) is 10.4 Å². The molecule has 20 heavy (non-hydrogen) atoms. The molecule has 1 heterocycles. The lowest BCUT2D eigenvalue weighted by atomic mass is 10.0. The van der Waals surface area contributed by atoms with Gasteiger partial charge >= 0.3 is 0 Å². The van der Waals surface area contributed by atoms with Crippen molar-refractivity contribution in [3.8, 4) is 5.75 Å². The summed E-state index contributed by atoms with van der Waals surface area (Å²) in [7, 11) is 1.74. The van der Waals surface area contributed by atoms with Crippen LogP contribution in [0.4, 0.5) is 0 Å². The molecule has 0 aliphatic rings. The quantitative estimate of drug-likeness (QED) is 0.835. The van der Waals surface area contributed by atoms with E-state index in [1.54, 1.807) is 7.05 Å². The molecule has 0 spiro atoms. The van der Waals surface area contributed by atoms with Gasteiger partial charge in [-0.05, 0) is 24.2 Å². The van der Waals surface area contributed by atoms with Crippen molar-refractivity contribution in [2.75, 3.05) is 6.54 Å². The number of aryl methyl sites for hydroxylation is 1. The number of nitrogens with one attached hydrogen (secondary N) is 1. The number of para-hydroxylation sites is 1. The van der Waals surface area contributed by atoms with Crippen LogP contribution in [0.25, 0.3) is 0 Å². The minimum Gasteiger partial charge on any atom is -0.485 e. The Balaban J connectivity index is 2.10. The summed E-state index contributed by atoms with van der Waals surface area (Å²) in [6.07, 6.45) is 1.01. The molecule has 6 heteroatoms. The van der Waals surface area contributed by atoms with Gasteiger partial charge in [0.05, 0.1) is 7.05 Å². The first-order chi connectivity index (χ1) is 9.74. The molecule has 1 aromatic heterocycles. The van der Waals surface area contributed by atoms with Crippen molar-refractivity contribution < 1.29 is 4.74 Å². The number of rotatable bonds is 7. The van der Waals surface area contributed by atoms with Crippen LogP contribution < -0.4 is 10.1 Å². The molecule has 0 radical (unpaired) electrons. The number of ether oxygens (including phenoxy) is 1. The summed E-state index contributed by atoms with van der Waals surface area (Å²) in [5.41, 5.74) is 1.17. The monoisotopic (exact) mass is 275 g/mol. The van der Waals surface area contributed by atoms with Gasteiger partial charge in [0.25, 0.3) is 0 Å². The first-order valence-electron chi connectivity index (χ1n) is 6.92. The minimum absolute atomic E-state index is 0.297. The zero-order chi connectivity index (χ0) is 14.4. The maximum atomic E-state index is 5.85. The van der Waals surface area contributed by atoms with Crippen LogP contribution in [0.3, 0.4) is 0 Å². The molecular formula is C14H21N5O. The molecule has 2 aromatic rings. The van der Waals surface area contributed by atoms with Crippen molar-refractivity contribution in [2.45, 2.75) is 32.9 Å². The lowest BCUT2D eigenvalue weighted by molar-refractivity contribution is 0.288. The molecule has 1 atom stereocenters. The molecule has 108 valence electrons. The van der Waals surface area contributed by atoms with E-state index >= 15 is 0 Å². The van der Waals surface area contributed by atoms with Crippen LogP contribution in [-0.2, 0) is 13.7 Å². The van der Waals surface area contributed by atoms with E-state index in [0.29, 0.717) is 18.5 Å². The Kier molecular flexibility index (Phi) is 5.06. The van der Waals surface area contributed by atoms with Crippen LogP contribution in [0.15, 0.2) is 24.3 Å². The number of hydrogen-bond acceptors (Lipinski definition) is 5. The molecule has 1 aromatic carbocycles. The summed E-state index contributed by atoms with van der Waals surface area (Å²) in [6, 6.07) is 8.37. The van der Waals surface area contributed by atoms with Crippen LogP contribution in [0.5, 0.6) is 5.75 Å². The second kappa shape index (κ2) is 7.00. The van der Waals surface area contributed by atoms with Crippen molar-refractivity contribution in [1.82, 2.24) is 25.5 Å². The first-order valence-corrected chi connectivity index (χ1v) is 6.92. The molecule has 0 fully saturated rings. The molecule has 0 amide bonds. The van der Waals surface area contributed by atoms with E-state index in [0.717, 1.165) is 18.7 Å². The molecule has 0 aliphatic carbocycles. The first kappa shape index (κ1) is 14.5. The number of hydrogen-bond donors (Lipinski definition) is 1. The molecule has 1 unspecified atom stereocenters. The third-order valence-corrected chi connectivity index (χ3v) is 3.06. The van der Waals surface area contributed by atoms with E-state index in [-0.39, 0.29) is 0 Å². The average molecular weight is 275 g/mol.